The van der Waals surface area contributed by atoms with Crippen molar-refractivity contribution in [2.45, 2.75) is 44.6 Å². The molecule has 8 heteroatoms. The van der Waals surface area contributed by atoms with E-state index in [1.54, 1.807) is 6.20 Å². The van der Waals surface area contributed by atoms with Crippen LogP contribution in [0.15, 0.2) is 23.3 Å². The predicted octanol–water partition coefficient (Wildman–Crippen LogP) is 3.61. The normalized spacial score (nSPS) is 17.0. The first-order valence-electron chi connectivity index (χ1n) is 10.1. The lowest BCUT2D eigenvalue weighted by molar-refractivity contribution is 0.389. The standard InChI is InChI=1S/C20H35ClN6.HI/c1-22-20(24-12-7-5-4-6-8-14-26(2)3)25-17-11-15-27(16-17)19-18(21)10-9-13-23-19;/h9-10,13,17H,4-8,11-12,14-16H2,1-3H3,(H2,22,24,25);1H. The van der Waals surface area contributed by atoms with Crippen molar-refractivity contribution in [1.29, 1.82) is 0 Å². The Morgan fingerprint density at radius 2 is 2.04 bits per heavy atom. The average molecular weight is 523 g/mol. The molecular weight excluding hydrogens is 487 g/mol. The summed E-state index contributed by atoms with van der Waals surface area (Å²) >= 11 is 6.27. The van der Waals surface area contributed by atoms with Crippen LogP contribution in [0, 0.1) is 0 Å². The second-order valence-electron chi connectivity index (χ2n) is 7.45. The van der Waals surface area contributed by atoms with Gasteiger partial charge in [-0.25, -0.2) is 4.98 Å². The maximum atomic E-state index is 6.27. The van der Waals surface area contributed by atoms with E-state index >= 15 is 0 Å². The van der Waals surface area contributed by atoms with Gasteiger partial charge in [0.2, 0.25) is 0 Å². The maximum absolute atomic E-state index is 6.27. The Morgan fingerprint density at radius 3 is 2.75 bits per heavy atom. The van der Waals surface area contributed by atoms with Gasteiger partial charge >= 0.3 is 0 Å². The Morgan fingerprint density at radius 1 is 1.29 bits per heavy atom. The minimum atomic E-state index is 0. The topological polar surface area (TPSA) is 55.8 Å². The summed E-state index contributed by atoms with van der Waals surface area (Å²) in [6.07, 6.45) is 9.23. The number of hydrogen-bond acceptors (Lipinski definition) is 4. The summed E-state index contributed by atoms with van der Waals surface area (Å²) in [6, 6.07) is 4.12. The molecule has 0 aromatic carbocycles. The molecule has 1 aliphatic heterocycles. The summed E-state index contributed by atoms with van der Waals surface area (Å²) in [5.74, 6) is 1.77. The molecule has 0 amide bonds. The maximum Gasteiger partial charge on any atom is 0.191 e. The summed E-state index contributed by atoms with van der Waals surface area (Å²) in [4.78, 5) is 13.3. The van der Waals surface area contributed by atoms with Gasteiger partial charge < -0.3 is 20.4 Å². The fraction of sp³-hybridized carbons (Fsp3) is 0.700. The van der Waals surface area contributed by atoms with Crippen LogP contribution in [0.5, 0.6) is 0 Å². The zero-order valence-corrected chi connectivity index (χ0v) is 20.5. The summed E-state index contributed by atoms with van der Waals surface area (Å²) in [5, 5.41) is 7.69. The van der Waals surface area contributed by atoms with Gasteiger partial charge in [0.05, 0.1) is 5.02 Å². The monoisotopic (exact) mass is 522 g/mol. The van der Waals surface area contributed by atoms with E-state index in [2.05, 4.69) is 44.5 Å². The number of halogens is 2. The van der Waals surface area contributed by atoms with Crippen LogP contribution in [0.25, 0.3) is 0 Å². The SMILES string of the molecule is CN=C(NCCCCCCCN(C)C)NC1CCN(c2ncccc2Cl)C1.I. The van der Waals surface area contributed by atoms with Crippen molar-refractivity contribution >= 4 is 47.4 Å². The second-order valence-corrected chi connectivity index (χ2v) is 7.86. The lowest BCUT2D eigenvalue weighted by atomic mass is 10.1. The number of unbranched alkanes of at least 4 members (excludes halogenated alkanes) is 4. The highest BCUT2D eigenvalue weighted by molar-refractivity contribution is 14.0. The number of aromatic nitrogens is 1. The summed E-state index contributed by atoms with van der Waals surface area (Å²) in [6.45, 7) is 4.01. The molecule has 0 radical (unpaired) electrons. The van der Waals surface area contributed by atoms with Crippen molar-refractivity contribution < 1.29 is 0 Å². The van der Waals surface area contributed by atoms with Gasteiger partial charge in [-0.1, -0.05) is 30.9 Å². The first kappa shape index (κ1) is 25.2. The van der Waals surface area contributed by atoms with Crippen molar-refractivity contribution in [2.75, 3.05) is 52.2 Å². The van der Waals surface area contributed by atoms with Crippen molar-refractivity contribution in [2.24, 2.45) is 4.99 Å². The van der Waals surface area contributed by atoms with Gasteiger partial charge in [0.25, 0.3) is 0 Å². The highest BCUT2D eigenvalue weighted by Crippen LogP contribution is 2.25. The highest BCUT2D eigenvalue weighted by atomic mass is 127. The van der Waals surface area contributed by atoms with E-state index < -0.39 is 0 Å². The van der Waals surface area contributed by atoms with Crippen LogP contribution < -0.4 is 15.5 Å². The van der Waals surface area contributed by atoms with Crippen molar-refractivity contribution in [3.8, 4) is 0 Å². The van der Waals surface area contributed by atoms with Crippen LogP contribution in [0.2, 0.25) is 5.02 Å². The van der Waals surface area contributed by atoms with Crippen LogP contribution in [0.1, 0.15) is 38.5 Å². The zero-order valence-electron chi connectivity index (χ0n) is 17.5. The van der Waals surface area contributed by atoms with Crippen LogP contribution >= 0.6 is 35.6 Å². The van der Waals surface area contributed by atoms with E-state index in [9.17, 15) is 0 Å². The van der Waals surface area contributed by atoms with E-state index in [0.717, 1.165) is 37.8 Å². The molecule has 1 aliphatic rings. The van der Waals surface area contributed by atoms with E-state index in [-0.39, 0.29) is 24.0 Å². The van der Waals surface area contributed by atoms with Crippen molar-refractivity contribution in [3.05, 3.63) is 23.4 Å². The van der Waals surface area contributed by atoms with Gasteiger partial charge in [-0.05, 0) is 52.0 Å². The Balaban J connectivity index is 0.00000392. The Hall–Kier alpha value is -0.800. The Labute approximate surface area is 192 Å². The third-order valence-electron chi connectivity index (χ3n) is 4.87. The third kappa shape index (κ3) is 9.13. The second kappa shape index (κ2) is 14.2. The molecule has 2 heterocycles. The lowest BCUT2D eigenvalue weighted by Gasteiger charge is -2.20. The van der Waals surface area contributed by atoms with E-state index in [4.69, 9.17) is 11.6 Å². The van der Waals surface area contributed by atoms with Crippen molar-refractivity contribution in [1.82, 2.24) is 20.5 Å². The number of pyridine rings is 1. The van der Waals surface area contributed by atoms with E-state index in [1.807, 2.05) is 19.2 Å². The minimum absolute atomic E-state index is 0. The third-order valence-corrected chi connectivity index (χ3v) is 5.16. The molecule has 1 unspecified atom stereocenters. The van der Waals surface area contributed by atoms with E-state index in [1.165, 1.54) is 38.6 Å². The number of hydrogen-bond donors (Lipinski definition) is 2. The fourth-order valence-corrected chi connectivity index (χ4v) is 3.60. The molecule has 1 aromatic rings. The summed E-state index contributed by atoms with van der Waals surface area (Å²) in [5.41, 5.74) is 0. The minimum Gasteiger partial charge on any atom is -0.356 e. The van der Waals surface area contributed by atoms with Gasteiger partial charge in [-0.15, -0.1) is 24.0 Å². The number of guanidine groups is 1. The molecule has 1 atom stereocenters. The average Bonchev–Trinajstić information content (AvgIpc) is 3.11. The van der Waals surface area contributed by atoms with Crippen LogP contribution in [0.4, 0.5) is 5.82 Å². The molecule has 1 fully saturated rings. The van der Waals surface area contributed by atoms with Crippen molar-refractivity contribution in [3.63, 3.8) is 0 Å². The first-order valence-corrected chi connectivity index (χ1v) is 10.5. The fourth-order valence-electron chi connectivity index (χ4n) is 3.36. The molecule has 2 N–H and O–H groups in total. The number of aliphatic imine (C=N–C) groups is 1. The highest BCUT2D eigenvalue weighted by Gasteiger charge is 2.25. The largest absolute Gasteiger partial charge is 0.356 e. The zero-order chi connectivity index (χ0) is 19.5. The molecule has 0 aliphatic carbocycles. The van der Waals surface area contributed by atoms with Gasteiger partial charge in [0, 0.05) is 38.9 Å². The molecule has 2 rings (SSSR count). The van der Waals surface area contributed by atoms with Gasteiger partial charge in [-0.3, -0.25) is 4.99 Å². The predicted molar refractivity (Wildman–Crippen MR) is 131 cm³/mol. The summed E-state index contributed by atoms with van der Waals surface area (Å²) in [7, 11) is 6.10. The molecule has 0 spiro atoms. The number of nitrogens with one attached hydrogen (secondary N) is 2. The molecule has 0 bridgehead atoms. The molecule has 1 aromatic heterocycles. The smallest absolute Gasteiger partial charge is 0.191 e. The van der Waals surface area contributed by atoms with Gasteiger partial charge in [0.1, 0.15) is 5.82 Å². The first-order chi connectivity index (χ1) is 13.1. The molecule has 6 nitrogen and oxygen atoms in total. The van der Waals surface area contributed by atoms with Crippen LogP contribution in [-0.4, -0.2) is 69.2 Å². The number of nitrogens with zero attached hydrogens (tertiary/aromatic N) is 4. The van der Waals surface area contributed by atoms with E-state index in [0.29, 0.717) is 11.1 Å². The number of rotatable bonds is 10. The van der Waals surface area contributed by atoms with Crippen LogP contribution in [-0.2, 0) is 0 Å². The lowest BCUT2D eigenvalue weighted by Crippen LogP contribution is -2.44. The quantitative estimate of drug-likeness (QED) is 0.213. The Bertz CT molecular complexity index is 584. The van der Waals surface area contributed by atoms with Gasteiger partial charge in [0.15, 0.2) is 5.96 Å². The molecule has 160 valence electrons. The van der Waals surface area contributed by atoms with Crippen LogP contribution in [0.3, 0.4) is 0 Å². The molecule has 1 saturated heterocycles. The molecular formula is C20H36ClIN6. The molecule has 28 heavy (non-hydrogen) atoms. The number of anilines is 1. The van der Waals surface area contributed by atoms with Gasteiger partial charge in [-0.2, -0.15) is 0 Å². The Kier molecular flexibility index (Phi) is 12.8. The summed E-state index contributed by atoms with van der Waals surface area (Å²) < 4.78 is 0. The molecule has 0 saturated carbocycles.